The highest BCUT2D eigenvalue weighted by Gasteiger charge is 2.21. The Bertz CT molecular complexity index is 1550. The molecule has 0 aliphatic rings. The molecule has 5 aromatic rings. The molecule has 6 nitrogen and oxygen atoms in total. The number of carboxylic acid groups (broad SMARTS) is 1. The molecule has 0 aliphatic heterocycles. The molecule has 0 saturated carbocycles. The second kappa shape index (κ2) is 11.4. The van der Waals surface area contributed by atoms with Gasteiger partial charge in [0.25, 0.3) is 5.91 Å². The Morgan fingerprint density at radius 2 is 1.45 bits per heavy atom. The molecule has 0 bridgehead atoms. The molecule has 5 rings (SSSR count). The monoisotopic (exact) mass is 502 g/mol. The predicted octanol–water partition coefficient (Wildman–Crippen LogP) is 5.91. The van der Waals surface area contributed by atoms with Gasteiger partial charge in [-0.25, -0.2) is 9.78 Å². The number of amides is 1. The fourth-order valence-electron chi connectivity index (χ4n) is 4.19. The average Bonchev–Trinajstić information content (AvgIpc) is 2.96. The van der Waals surface area contributed by atoms with Gasteiger partial charge in [0.2, 0.25) is 0 Å². The van der Waals surface area contributed by atoms with E-state index in [9.17, 15) is 14.7 Å². The molecular formula is C32H26N2O4. The smallest absolute Gasteiger partial charge is 0.326 e. The first-order valence-corrected chi connectivity index (χ1v) is 12.3. The highest BCUT2D eigenvalue weighted by Crippen LogP contribution is 2.20. The van der Waals surface area contributed by atoms with Crippen molar-refractivity contribution in [2.75, 3.05) is 0 Å². The fourth-order valence-corrected chi connectivity index (χ4v) is 4.19. The SMILES string of the molecule is O=C(NC(Cc1ccc(OCc2ccc3ccccc3n2)cc1)C(=O)O)c1ccc(-c2ccccc2)cc1. The maximum absolute atomic E-state index is 12.8. The summed E-state index contributed by atoms with van der Waals surface area (Å²) in [4.78, 5) is 29.2. The molecule has 2 N–H and O–H groups in total. The summed E-state index contributed by atoms with van der Waals surface area (Å²) in [5, 5.41) is 13.4. The lowest BCUT2D eigenvalue weighted by Crippen LogP contribution is -2.42. The number of carbonyl (C=O) groups is 2. The minimum absolute atomic E-state index is 0.148. The lowest BCUT2D eigenvalue weighted by atomic mass is 10.0. The van der Waals surface area contributed by atoms with Crippen LogP contribution in [0, 0.1) is 0 Å². The average molecular weight is 503 g/mol. The summed E-state index contributed by atoms with van der Waals surface area (Å²) in [6, 6.07) is 34.9. The van der Waals surface area contributed by atoms with E-state index in [1.165, 1.54) is 0 Å². The number of nitrogens with one attached hydrogen (secondary N) is 1. The van der Waals surface area contributed by atoms with E-state index in [0.29, 0.717) is 17.9 Å². The molecule has 1 amide bonds. The van der Waals surface area contributed by atoms with Gasteiger partial charge in [-0.1, -0.05) is 78.9 Å². The van der Waals surface area contributed by atoms with Crippen LogP contribution in [-0.4, -0.2) is 28.0 Å². The van der Waals surface area contributed by atoms with Gasteiger partial charge in [0.05, 0.1) is 11.2 Å². The molecule has 0 saturated heterocycles. The number of fused-ring (bicyclic) bond motifs is 1. The Hall–Kier alpha value is -4.97. The number of nitrogens with zero attached hydrogens (tertiary/aromatic N) is 1. The van der Waals surface area contributed by atoms with Crippen molar-refractivity contribution < 1.29 is 19.4 Å². The number of ether oxygens (including phenoxy) is 1. The van der Waals surface area contributed by atoms with Gasteiger partial charge in [-0.15, -0.1) is 0 Å². The van der Waals surface area contributed by atoms with E-state index >= 15 is 0 Å². The number of aliphatic carboxylic acids is 1. The van der Waals surface area contributed by atoms with Crippen molar-refractivity contribution in [2.24, 2.45) is 0 Å². The third-order valence-electron chi connectivity index (χ3n) is 6.26. The normalized spacial score (nSPS) is 11.6. The zero-order valence-corrected chi connectivity index (χ0v) is 20.6. The van der Waals surface area contributed by atoms with Crippen LogP contribution in [-0.2, 0) is 17.8 Å². The van der Waals surface area contributed by atoms with Crippen LogP contribution in [0.3, 0.4) is 0 Å². The summed E-state index contributed by atoms with van der Waals surface area (Å²) in [5.41, 5.74) is 4.94. The van der Waals surface area contributed by atoms with Crippen LogP contribution in [0.4, 0.5) is 0 Å². The standard InChI is InChI=1S/C32H26N2O4/c35-31(26-14-12-24(13-15-26)23-6-2-1-3-7-23)34-30(32(36)37)20-22-10-18-28(19-11-22)38-21-27-17-16-25-8-4-5-9-29(25)33-27/h1-19,30H,20-21H2,(H,34,35)(H,36,37). The summed E-state index contributed by atoms with van der Waals surface area (Å²) < 4.78 is 5.86. The van der Waals surface area contributed by atoms with Crippen molar-refractivity contribution in [1.82, 2.24) is 10.3 Å². The van der Waals surface area contributed by atoms with Gasteiger partial charge in [0.15, 0.2) is 0 Å². The van der Waals surface area contributed by atoms with Gasteiger partial charge in [0.1, 0.15) is 18.4 Å². The number of pyridine rings is 1. The molecule has 0 aliphatic carbocycles. The first-order valence-electron chi connectivity index (χ1n) is 12.3. The molecule has 6 heteroatoms. The van der Waals surface area contributed by atoms with Crippen molar-refractivity contribution >= 4 is 22.8 Å². The van der Waals surface area contributed by atoms with E-state index in [-0.39, 0.29) is 6.42 Å². The first-order chi connectivity index (χ1) is 18.5. The lowest BCUT2D eigenvalue weighted by molar-refractivity contribution is -0.139. The van der Waals surface area contributed by atoms with E-state index in [1.54, 1.807) is 36.4 Å². The zero-order chi connectivity index (χ0) is 26.3. The molecule has 1 unspecified atom stereocenters. The molecule has 0 radical (unpaired) electrons. The van der Waals surface area contributed by atoms with Gasteiger partial charge >= 0.3 is 5.97 Å². The second-order valence-electron chi connectivity index (χ2n) is 8.94. The largest absolute Gasteiger partial charge is 0.487 e. The summed E-state index contributed by atoms with van der Waals surface area (Å²) in [6.45, 7) is 0.320. The van der Waals surface area contributed by atoms with Crippen molar-refractivity contribution in [3.63, 3.8) is 0 Å². The number of hydrogen-bond donors (Lipinski definition) is 2. The lowest BCUT2D eigenvalue weighted by Gasteiger charge is -2.15. The molecule has 0 fully saturated rings. The first kappa shape index (κ1) is 24.7. The Morgan fingerprint density at radius 1 is 0.763 bits per heavy atom. The number of carboxylic acids is 1. The quantitative estimate of drug-likeness (QED) is 0.262. The third-order valence-corrected chi connectivity index (χ3v) is 6.26. The fraction of sp³-hybridized carbons (Fsp3) is 0.0938. The van der Waals surface area contributed by atoms with E-state index in [0.717, 1.165) is 33.3 Å². The number of para-hydroxylation sites is 1. The predicted molar refractivity (Wildman–Crippen MR) is 147 cm³/mol. The zero-order valence-electron chi connectivity index (χ0n) is 20.6. The number of rotatable bonds is 9. The van der Waals surface area contributed by atoms with Crippen molar-refractivity contribution in [3.8, 4) is 16.9 Å². The molecule has 1 aromatic heterocycles. The summed E-state index contributed by atoms with van der Waals surface area (Å²) >= 11 is 0. The maximum Gasteiger partial charge on any atom is 0.326 e. The van der Waals surface area contributed by atoms with Crippen LogP contribution in [0.1, 0.15) is 21.6 Å². The van der Waals surface area contributed by atoms with E-state index in [4.69, 9.17) is 4.74 Å². The summed E-state index contributed by atoms with van der Waals surface area (Å²) in [6.07, 6.45) is 0.148. The number of benzene rings is 4. The van der Waals surface area contributed by atoms with Gasteiger partial charge in [-0.3, -0.25) is 4.79 Å². The van der Waals surface area contributed by atoms with Crippen LogP contribution in [0.5, 0.6) is 5.75 Å². The Morgan fingerprint density at radius 3 is 2.18 bits per heavy atom. The molecule has 1 atom stereocenters. The van der Waals surface area contributed by atoms with Crippen LogP contribution in [0.2, 0.25) is 0 Å². The minimum atomic E-state index is -1.10. The number of carbonyl (C=O) groups excluding carboxylic acids is 1. The topological polar surface area (TPSA) is 88.5 Å². The Labute approximate surface area is 220 Å². The second-order valence-corrected chi connectivity index (χ2v) is 8.94. The minimum Gasteiger partial charge on any atom is -0.487 e. The van der Waals surface area contributed by atoms with Gasteiger partial charge in [0, 0.05) is 17.4 Å². The number of hydrogen-bond acceptors (Lipinski definition) is 4. The highest BCUT2D eigenvalue weighted by atomic mass is 16.5. The molecule has 0 spiro atoms. The molecule has 4 aromatic carbocycles. The van der Waals surface area contributed by atoms with E-state index in [2.05, 4.69) is 10.3 Å². The van der Waals surface area contributed by atoms with Gasteiger partial charge in [-0.2, -0.15) is 0 Å². The third kappa shape index (κ3) is 6.05. The molecule has 1 heterocycles. The summed E-state index contributed by atoms with van der Waals surface area (Å²) in [7, 11) is 0. The van der Waals surface area contributed by atoms with Crippen LogP contribution < -0.4 is 10.1 Å². The van der Waals surface area contributed by atoms with Gasteiger partial charge in [-0.05, 0) is 53.1 Å². The highest BCUT2D eigenvalue weighted by molar-refractivity contribution is 5.97. The van der Waals surface area contributed by atoms with Crippen molar-refractivity contribution in [3.05, 3.63) is 132 Å². The van der Waals surface area contributed by atoms with Crippen molar-refractivity contribution in [1.29, 1.82) is 0 Å². The number of aromatic nitrogens is 1. The molecule has 38 heavy (non-hydrogen) atoms. The van der Waals surface area contributed by atoms with Crippen molar-refractivity contribution in [2.45, 2.75) is 19.1 Å². The summed E-state index contributed by atoms with van der Waals surface area (Å²) in [5.74, 6) is -0.875. The molecule has 188 valence electrons. The van der Waals surface area contributed by atoms with Crippen LogP contribution in [0.15, 0.2) is 115 Å². The maximum atomic E-state index is 12.8. The van der Waals surface area contributed by atoms with E-state index < -0.39 is 17.9 Å². The van der Waals surface area contributed by atoms with Crippen LogP contribution >= 0.6 is 0 Å². The van der Waals surface area contributed by atoms with E-state index in [1.807, 2.05) is 78.9 Å². The van der Waals surface area contributed by atoms with Crippen LogP contribution in [0.25, 0.3) is 22.0 Å². The Balaban J connectivity index is 1.18. The Kier molecular flexibility index (Phi) is 7.41. The van der Waals surface area contributed by atoms with Gasteiger partial charge < -0.3 is 15.2 Å². The molecular weight excluding hydrogens is 476 g/mol.